The van der Waals surface area contributed by atoms with E-state index in [4.69, 9.17) is 10.8 Å². The van der Waals surface area contributed by atoms with Crippen molar-refractivity contribution in [1.29, 1.82) is 0 Å². The van der Waals surface area contributed by atoms with E-state index >= 15 is 0 Å². The van der Waals surface area contributed by atoms with Gasteiger partial charge in [-0.3, -0.25) is 4.90 Å². The van der Waals surface area contributed by atoms with Crippen LogP contribution in [-0.2, 0) is 13.0 Å². The van der Waals surface area contributed by atoms with Crippen LogP contribution < -0.4 is 5.73 Å². The molecule has 0 radical (unpaired) electrons. The largest absolute Gasteiger partial charge is 0.384 e. The number of fused-ring (bicyclic) bond motifs is 1. The maximum absolute atomic E-state index is 6.19. The quantitative estimate of drug-likeness (QED) is 0.839. The van der Waals surface area contributed by atoms with Crippen LogP contribution in [-0.4, -0.2) is 39.3 Å². The highest BCUT2D eigenvalue weighted by Crippen LogP contribution is 2.33. The first-order chi connectivity index (χ1) is 7.79. The molecular formula is C11H18N4S. The summed E-state index contributed by atoms with van der Waals surface area (Å²) < 4.78 is 2.07. The van der Waals surface area contributed by atoms with Gasteiger partial charge in [0.15, 0.2) is 0 Å². The summed E-state index contributed by atoms with van der Waals surface area (Å²) in [5.74, 6) is 3.26. The van der Waals surface area contributed by atoms with Crippen molar-refractivity contribution >= 4 is 17.6 Å². The average Bonchev–Trinajstić information content (AvgIpc) is 2.54. The van der Waals surface area contributed by atoms with Crippen molar-refractivity contribution in [2.75, 3.05) is 30.3 Å². The van der Waals surface area contributed by atoms with E-state index in [0.29, 0.717) is 6.04 Å². The Morgan fingerprint density at radius 3 is 2.94 bits per heavy atom. The van der Waals surface area contributed by atoms with Crippen LogP contribution in [0.15, 0.2) is 0 Å². The molecule has 88 valence electrons. The van der Waals surface area contributed by atoms with E-state index in [1.165, 1.54) is 22.8 Å². The second kappa shape index (κ2) is 3.96. The zero-order valence-electron chi connectivity index (χ0n) is 9.65. The molecule has 1 saturated heterocycles. The van der Waals surface area contributed by atoms with Crippen LogP contribution in [0.1, 0.15) is 24.2 Å². The van der Waals surface area contributed by atoms with E-state index in [2.05, 4.69) is 16.5 Å². The molecule has 0 saturated carbocycles. The van der Waals surface area contributed by atoms with E-state index in [1.807, 2.05) is 11.8 Å². The number of aromatic nitrogens is 2. The molecule has 5 heteroatoms. The van der Waals surface area contributed by atoms with Crippen LogP contribution in [0.5, 0.6) is 0 Å². The number of thioether (sulfide) groups is 1. The Morgan fingerprint density at radius 1 is 1.50 bits per heavy atom. The highest BCUT2D eigenvalue weighted by Gasteiger charge is 2.28. The van der Waals surface area contributed by atoms with Crippen molar-refractivity contribution < 1.29 is 0 Å². The fraction of sp³-hybridized carbons (Fsp3) is 0.727. The predicted molar refractivity (Wildman–Crippen MR) is 67.7 cm³/mol. The summed E-state index contributed by atoms with van der Waals surface area (Å²) in [5.41, 5.74) is 8.71. The van der Waals surface area contributed by atoms with Crippen molar-refractivity contribution in [3.63, 3.8) is 0 Å². The van der Waals surface area contributed by atoms with Gasteiger partial charge in [0.25, 0.3) is 0 Å². The first-order valence-corrected chi connectivity index (χ1v) is 7.11. The minimum absolute atomic E-state index is 0.547. The molecule has 4 nitrogen and oxygen atoms in total. The standard InChI is InChI=1S/C11H18N4S/c1-2-14-4-3-9-10(5-14)13-15(11(9)12)8-6-16-7-8/h8H,2-7,12H2,1H3. The van der Waals surface area contributed by atoms with Gasteiger partial charge in [-0.05, 0) is 13.0 Å². The lowest BCUT2D eigenvalue weighted by molar-refractivity contribution is 0.264. The number of rotatable bonds is 2. The van der Waals surface area contributed by atoms with Crippen LogP contribution in [0.2, 0.25) is 0 Å². The normalized spacial score (nSPS) is 21.8. The summed E-state index contributed by atoms with van der Waals surface area (Å²) in [4.78, 5) is 2.43. The van der Waals surface area contributed by atoms with Crippen LogP contribution >= 0.6 is 11.8 Å². The summed E-state index contributed by atoms with van der Waals surface area (Å²) in [6.45, 7) is 5.40. The Hall–Kier alpha value is -0.680. The van der Waals surface area contributed by atoms with Gasteiger partial charge in [0.2, 0.25) is 0 Å². The van der Waals surface area contributed by atoms with Crippen LogP contribution in [0.4, 0.5) is 5.82 Å². The minimum atomic E-state index is 0.547. The summed E-state index contributed by atoms with van der Waals surface area (Å²) >= 11 is 1.97. The van der Waals surface area contributed by atoms with Gasteiger partial charge in [-0.15, -0.1) is 0 Å². The zero-order valence-corrected chi connectivity index (χ0v) is 10.5. The smallest absolute Gasteiger partial charge is 0.125 e. The van der Waals surface area contributed by atoms with Crippen LogP contribution in [0.3, 0.4) is 0 Å². The molecule has 16 heavy (non-hydrogen) atoms. The van der Waals surface area contributed by atoms with Gasteiger partial charge in [0.05, 0.1) is 11.7 Å². The number of nitrogens with two attached hydrogens (primary N) is 1. The van der Waals surface area contributed by atoms with E-state index < -0.39 is 0 Å². The third-order valence-corrected chi connectivity index (χ3v) is 4.84. The van der Waals surface area contributed by atoms with Crippen molar-refractivity contribution in [3.8, 4) is 0 Å². The highest BCUT2D eigenvalue weighted by molar-refractivity contribution is 8.00. The number of nitrogen functional groups attached to an aromatic ring is 1. The molecule has 1 fully saturated rings. The maximum Gasteiger partial charge on any atom is 0.125 e. The minimum Gasteiger partial charge on any atom is -0.384 e. The van der Waals surface area contributed by atoms with Gasteiger partial charge in [-0.1, -0.05) is 6.92 Å². The molecule has 0 unspecified atom stereocenters. The Kier molecular flexibility index (Phi) is 2.59. The number of likely N-dealkylation sites (N-methyl/N-ethyl adjacent to an activating group) is 1. The summed E-state index contributed by atoms with van der Waals surface area (Å²) in [7, 11) is 0. The van der Waals surface area contributed by atoms with Crippen LogP contribution in [0, 0.1) is 0 Å². The fourth-order valence-electron chi connectivity index (χ4n) is 2.40. The number of hydrogen-bond donors (Lipinski definition) is 1. The molecule has 1 aromatic rings. The van der Waals surface area contributed by atoms with Crippen molar-refractivity contribution in [2.45, 2.75) is 25.9 Å². The van der Waals surface area contributed by atoms with Gasteiger partial charge in [0.1, 0.15) is 5.82 Å². The number of anilines is 1. The van der Waals surface area contributed by atoms with Gasteiger partial charge in [0, 0.05) is 30.2 Å². The first kappa shape index (κ1) is 10.5. The van der Waals surface area contributed by atoms with Crippen molar-refractivity contribution in [3.05, 3.63) is 11.3 Å². The van der Waals surface area contributed by atoms with E-state index in [1.54, 1.807) is 0 Å². The van der Waals surface area contributed by atoms with Crippen LogP contribution in [0.25, 0.3) is 0 Å². The van der Waals surface area contributed by atoms with Crippen molar-refractivity contribution in [1.82, 2.24) is 14.7 Å². The third kappa shape index (κ3) is 1.53. The Balaban J connectivity index is 1.90. The lowest BCUT2D eigenvalue weighted by Crippen LogP contribution is -2.30. The Morgan fingerprint density at radius 2 is 2.31 bits per heavy atom. The second-order valence-electron chi connectivity index (χ2n) is 4.57. The lowest BCUT2D eigenvalue weighted by atomic mass is 10.1. The second-order valence-corrected chi connectivity index (χ2v) is 5.64. The van der Waals surface area contributed by atoms with Gasteiger partial charge >= 0.3 is 0 Å². The van der Waals surface area contributed by atoms with E-state index in [-0.39, 0.29) is 0 Å². The molecule has 2 aliphatic rings. The SMILES string of the molecule is CCN1CCc2c(nn(C3CSC3)c2N)C1. The van der Waals surface area contributed by atoms with Gasteiger partial charge < -0.3 is 5.73 Å². The molecule has 0 aliphatic carbocycles. The zero-order chi connectivity index (χ0) is 11.1. The Bertz CT molecular complexity index is 397. The highest BCUT2D eigenvalue weighted by atomic mass is 32.2. The maximum atomic E-state index is 6.19. The van der Waals surface area contributed by atoms with E-state index in [9.17, 15) is 0 Å². The third-order valence-electron chi connectivity index (χ3n) is 3.60. The summed E-state index contributed by atoms with van der Waals surface area (Å²) in [5, 5.41) is 4.71. The molecule has 1 aromatic heterocycles. The summed E-state index contributed by atoms with van der Waals surface area (Å²) in [6, 6.07) is 0.547. The topological polar surface area (TPSA) is 47.1 Å². The molecule has 0 atom stereocenters. The molecule has 0 amide bonds. The van der Waals surface area contributed by atoms with Crippen molar-refractivity contribution in [2.24, 2.45) is 0 Å². The predicted octanol–water partition coefficient (Wildman–Crippen LogP) is 1.13. The summed E-state index contributed by atoms with van der Waals surface area (Å²) in [6.07, 6.45) is 1.06. The molecule has 3 heterocycles. The molecule has 0 bridgehead atoms. The molecular weight excluding hydrogens is 220 g/mol. The first-order valence-electron chi connectivity index (χ1n) is 5.95. The molecule has 2 N–H and O–H groups in total. The molecule has 0 spiro atoms. The number of nitrogens with zero attached hydrogens (tertiary/aromatic N) is 3. The molecule has 3 rings (SSSR count). The molecule has 2 aliphatic heterocycles. The molecule has 0 aromatic carbocycles. The van der Waals surface area contributed by atoms with E-state index in [0.717, 1.165) is 31.9 Å². The monoisotopic (exact) mass is 238 g/mol. The average molecular weight is 238 g/mol. The van der Waals surface area contributed by atoms with Gasteiger partial charge in [-0.25, -0.2) is 4.68 Å². The Labute approximate surface area is 100 Å². The number of hydrogen-bond acceptors (Lipinski definition) is 4. The van der Waals surface area contributed by atoms with Gasteiger partial charge in [-0.2, -0.15) is 16.9 Å². The lowest BCUT2D eigenvalue weighted by Gasteiger charge is -2.26. The fourth-order valence-corrected chi connectivity index (χ4v) is 3.13.